The lowest BCUT2D eigenvalue weighted by Crippen LogP contribution is -2.25. The van der Waals surface area contributed by atoms with Crippen molar-refractivity contribution in [2.75, 3.05) is 4.90 Å². The molecule has 0 saturated heterocycles. The Morgan fingerprint density at radius 2 is 0.810 bits per heavy atom. The fourth-order valence-electron chi connectivity index (χ4n) is 11.6. The predicted octanol–water partition coefficient (Wildman–Crippen LogP) is 15.9. The molecule has 0 atom stereocenters. The van der Waals surface area contributed by atoms with Gasteiger partial charge < -0.3 is 9.47 Å². The Kier molecular flexibility index (Phi) is 7.07. The largest absolute Gasteiger partial charge is 0.311 e. The number of benzene rings is 10. The summed E-state index contributed by atoms with van der Waals surface area (Å²) in [5.74, 6) is 0. The second-order valence-corrected chi connectivity index (χ2v) is 17.2. The van der Waals surface area contributed by atoms with E-state index in [-0.39, 0.29) is 0 Å². The van der Waals surface area contributed by atoms with E-state index in [1.807, 2.05) is 0 Å². The van der Waals surface area contributed by atoms with Crippen molar-refractivity contribution in [3.63, 3.8) is 0 Å². The molecule has 3 aliphatic rings. The maximum absolute atomic E-state index is 2.59. The lowest BCUT2D eigenvalue weighted by atomic mass is 9.70. The lowest BCUT2D eigenvalue weighted by molar-refractivity contribution is 0.794. The zero-order valence-electron chi connectivity index (χ0n) is 34.3. The van der Waals surface area contributed by atoms with Crippen molar-refractivity contribution in [2.24, 2.45) is 0 Å². The number of fused-ring (bicyclic) bond motifs is 13. The van der Waals surface area contributed by atoms with Crippen LogP contribution in [0.3, 0.4) is 0 Å². The number of hydrogen-bond donors (Lipinski definition) is 0. The molecular weight excluding hydrogens is 761 g/mol. The summed E-state index contributed by atoms with van der Waals surface area (Å²) in [5.41, 5.74) is 24.9. The van der Waals surface area contributed by atoms with Crippen molar-refractivity contribution in [2.45, 2.75) is 5.41 Å². The van der Waals surface area contributed by atoms with E-state index in [0.717, 1.165) is 17.1 Å². The van der Waals surface area contributed by atoms with Gasteiger partial charge in [-0.05, 0) is 115 Å². The first-order valence-corrected chi connectivity index (χ1v) is 21.9. The molecule has 2 heterocycles. The number of para-hydroxylation sites is 2. The van der Waals surface area contributed by atoms with Gasteiger partial charge in [-0.2, -0.15) is 0 Å². The van der Waals surface area contributed by atoms with Crippen molar-refractivity contribution in [1.29, 1.82) is 0 Å². The molecule has 14 rings (SSSR count). The van der Waals surface area contributed by atoms with Crippen LogP contribution in [0.1, 0.15) is 22.3 Å². The van der Waals surface area contributed by atoms with Crippen LogP contribution >= 0.6 is 0 Å². The van der Waals surface area contributed by atoms with Gasteiger partial charge in [-0.25, -0.2) is 0 Å². The number of anilines is 3. The zero-order chi connectivity index (χ0) is 41.2. The van der Waals surface area contributed by atoms with Crippen molar-refractivity contribution < 1.29 is 0 Å². The molecule has 292 valence electrons. The van der Waals surface area contributed by atoms with Crippen molar-refractivity contribution in [3.8, 4) is 61.3 Å². The third-order valence-corrected chi connectivity index (χ3v) is 14.1. The van der Waals surface area contributed by atoms with Gasteiger partial charge in [0.1, 0.15) is 0 Å². The van der Waals surface area contributed by atoms with Gasteiger partial charge in [0.2, 0.25) is 0 Å². The average Bonchev–Trinajstić information content (AvgIpc) is 3.93. The quantitative estimate of drug-likeness (QED) is 0.168. The Balaban J connectivity index is 0.954. The van der Waals surface area contributed by atoms with Crippen molar-refractivity contribution >= 4 is 38.9 Å². The Labute approximate surface area is 366 Å². The second-order valence-electron chi connectivity index (χ2n) is 17.2. The monoisotopic (exact) mass is 798 g/mol. The molecule has 0 N–H and O–H groups in total. The Morgan fingerprint density at radius 3 is 1.51 bits per heavy atom. The van der Waals surface area contributed by atoms with Crippen molar-refractivity contribution in [3.05, 3.63) is 253 Å². The van der Waals surface area contributed by atoms with Gasteiger partial charge in [0, 0.05) is 39.0 Å². The molecule has 0 unspecified atom stereocenters. The summed E-state index contributed by atoms with van der Waals surface area (Å²) in [7, 11) is 0. The zero-order valence-corrected chi connectivity index (χ0v) is 34.3. The first-order valence-electron chi connectivity index (χ1n) is 21.9. The molecule has 0 radical (unpaired) electrons. The molecule has 0 fully saturated rings. The van der Waals surface area contributed by atoms with Crippen LogP contribution in [0.25, 0.3) is 83.1 Å². The number of nitrogens with zero attached hydrogens (tertiary/aromatic N) is 2. The minimum absolute atomic E-state index is 0.403. The van der Waals surface area contributed by atoms with E-state index in [9.17, 15) is 0 Å². The molecule has 1 spiro atoms. The highest BCUT2D eigenvalue weighted by atomic mass is 15.1. The molecule has 0 saturated carbocycles. The van der Waals surface area contributed by atoms with E-state index in [4.69, 9.17) is 0 Å². The first kappa shape index (κ1) is 34.5. The Hall–Kier alpha value is -8.20. The summed E-state index contributed by atoms with van der Waals surface area (Å²) in [6, 6.07) is 85.5. The van der Waals surface area contributed by atoms with E-state index in [1.54, 1.807) is 0 Å². The minimum Gasteiger partial charge on any atom is -0.311 e. The molecule has 11 aromatic rings. The van der Waals surface area contributed by atoms with Crippen LogP contribution in [0.4, 0.5) is 17.1 Å². The highest BCUT2D eigenvalue weighted by Crippen LogP contribution is 2.66. The molecule has 10 aromatic carbocycles. The summed E-state index contributed by atoms with van der Waals surface area (Å²) in [5, 5.41) is 2.56. The topological polar surface area (TPSA) is 8.17 Å². The third-order valence-electron chi connectivity index (χ3n) is 14.1. The summed E-state index contributed by atoms with van der Waals surface area (Å²) >= 11 is 0. The van der Waals surface area contributed by atoms with Gasteiger partial charge in [0.25, 0.3) is 0 Å². The smallest absolute Gasteiger partial charge is 0.0726 e. The van der Waals surface area contributed by atoms with E-state index in [1.165, 1.54) is 105 Å². The standard InChI is InChI=1S/C61H38N2/c1-3-14-39(15-4-1)40-26-31-44(32-27-40)62(43-16-5-2-6-17-43)45-33-28-41(29-34-45)42-30-35-49-51-36-37-55-59-58-50(48-20-9-12-25-56(48)63(60(51)59)57(49)38-42)21-13-24-54(58)61(55)52-22-10-7-18-46(52)47-19-8-11-23-53(47)61/h1-38H. The Morgan fingerprint density at radius 1 is 0.317 bits per heavy atom. The van der Waals surface area contributed by atoms with E-state index >= 15 is 0 Å². The molecule has 1 aromatic heterocycles. The highest BCUT2D eigenvalue weighted by Gasteiger charge is 2.53. The van der Waals surface area contributed by atoms with Crippen LogP contribution in [0, 0.1) is 0 Å². The fourth-order valence-corrected chi connectivity index (χ4v) is 11.6. The van der Waals surface area contributed by atoms with Crippen LogP contribution in [0.2, 0.25) is 0 Å². The summed E-state index contributed by atoms with van der Waals surface area (Å²) < 4.78 is 2.59. The van der Waals surface area contributed by atoms with Crippen LogP contribution in [0.15, 0.2) is 231 Å². The number of aromatic nitrogens is 1. The number of rotatable bonds is 5. The SMILES string of the molecule is c1ccc(-c2ccc(N(c3ccccc3)c3ccc(-c4ccc5c6ccc7c8c6n(c5c4)-c4ccccc4-c4cccc(c4-8)C74c5ccccc5-c5ccccc54)cc3)cc2)cc1. The first-order chi connectivity index (χ1) is 31.3. The van der Waals surface area contributed by atoms with Crippen LogP contribution < -0.4 is 4.90 Å². The Bertz CT molecular complexity index is 3610. The van der Waals surface area contributed by atoms with E-state index in [2.05, 4.69) is 240 Å². The molecule has 0 bridgehead atoms. The van der Waals surface area contributed by atoms with Crippen LogP contribution in [-0.2, 0) is 5.41 Å². The lowest BCUT2D eigenvalue weighted by Gasteiger charge is -2.31. The highest BCUT2D eigenvalue weighted by molar-refractivity contribution is 6.20. The molecule has 2 nitrogen and oxygen atoms in total. The van der Waals surface area contributed by atoms with Gasteiger partial charge in [0.15, 0.2) is 0 Å². The van der Waals surface area contributed by atoms with E-state index in [0.29, 0.717) is 0 Å². The van der Waals surface area contributed by atoms with E-state index < -0.39 is 5.41 Å². The second kappa shape index (κ2) is 12.9. The third kappa shape index (κ3) is 4.62. The average molecular weight is 799 g/mol. The molecule has 2 aliphatic carbocycles. The minimum atomic E-state index is -0.403. The summed E-state index contributed by atoms with van der Waals surface area (Å²) in [6.45, 7) is 0. The maximum Gasteiger partial charge on any atom is 0.0726 e. The van der Waals surface area contributed by atoms with Crippen LogP contribution in [-0.4, -0.2) is 4.57 Å². The molecule has 1 aliphatic heterocycles. The fraction of sp³-hybridized carbons (Fsp3) is 0.0164. The van der Waals surface area contributed by atoms with Crippen molar-refractivity contribution in [1.82, 2.24) is 4.57 Å². The molecule has 0 amide bonds. The summed E-state index contributed by atoms with van der Waals surface area (Å²) in [6.07, 6.45) is 0. The maximum atomic E-state index is 2.59. The molecule has 2 heteroatoms. The molecular formula is C61H38N2. The number of hydrogen-bond acceptors (Lipinski definition) is 1. The van der Waals surface area contributed by atoms with Gasteiger partial charge in [0.05, 0.1) is 22.1 Å². The predicted molar refractivity (Wildman–Crippen MR) is 262 cm³/mol. The van der Waals surface area contributed by atoms with Gasteiger partial charge in [-0.1, -0.05) is 182 Å². The molecule has 63 heavy (non-hydrogen) atoms. The van der Waals surface area contributed by atoms with Gasteiger partial charge in [-0.3, -0.25) is 0 Å². The van der Waals surface area contributed by atoms with Gasteiger partial charge in [-0.15, -0.1) is 0 Å². The summed E-state index contributed by atoms with van der Waals surface area (Å²) in [4.78, 5) is 2.34. The van der Waals surface area contributed by atoms with Crippen LogP contribution in [0.5, 0.6) is 0 Å². The van der Waals surface area contributed by atoms with Gasteiger partial charge >= 0.3 is 0 Å². The normalized spacial score (nSPS) is 13.2.